The third kappa shape index (κ3) is 3.60. The Morgan fingerprint density at radius 3 is 2.26 bits per heavy atom. The standard InChI is InChI=1S/C18H15Cl3N4O2/c1-10-18(22-11(2)26,23-13-6-4-3-5-7-13)17(27)25(24-10)16-14(20)8-12(19)9-15(16)21/h3-9,23H,1-2H3,(H,22,26). The number of anilines is 2. The Morgan fingerprint density at radius 2 is 1.70 bits per heavy atom. The van der Waals surface area contributed by atoms with Crippen LogP contribution in [0.3, 0.4) is 0 Å². The van der Waals surface area contributed by atoms with Crippen molar-refractivity contribution in [2.24, 2.45) is 5.10 Å². The van der Waals surface area contributed by atoms with Crippen molar-refractivity contribution in [1.29, 1.82) is 0 Å². The maximum Gasteiger partial charge on any atom is 0.300 e. The molecule has 0 radical (unpaired) electrons. The molecule has 2 amide bonds. The van der Waals surface area contributed by atoms with E-state index < -0.39 is 17.5 Å². The third-order valence-electron chi connectivity index (χ3n) is 3.97. The number of benzene rings is 2. The van der Waals surface area contributed by atoms with Crippen LogP contribution in [0.4, 0.5) is 11.4 Å². The molecule has 0 fully saturated rings. The van der Waals surface area contributed by atoms with Crippen molar-refractivity contribution < 1.29 is 9.59 Å². The molecule has 0 saturated carbocycles. The van der Waals surface area contributed by atoms with Crippen molar-refractivity contribution in [2.75, 3.05) is 10.3 Å². The Hall–Kier alpha value is -2.28. The highest BCUT2D eigenvalue weighted by molar-refractivity contribution is 6.43. The molecule has 2 aromatic carbocycles. The highest BCUT2D eigenvalue weighted by Gasteiger charge is 2.51. The van der Waals surface area contributed by atoms with Gasteiger partial charge in [-0.25, -0.2) is 0 Å². The largest absolute Gasteiger partial charge is 0.350 e. The molecular formula is C18H15Cl3N4O2. The Labute approximate surface area is 171 Å². The Balaban J connectivity index is 2.08. The Kier molecular flexibility index (Phi) is 5.33. The molecule has 1 aliphatic rings. The number of rotatable bonds is 4. The van der Waals surface area contributed by atoms with Crippen LogP contribution in [0.5, 0.6) is 0 Å². The van der Waals surface area contributed by atoms with E-state index in [4.69, 9.17) is 34.8 Å². The van der Waals surface area contributed by atoms with Crippen LogP contribution in [0.1, 0.15) is 13.8 Å². The fraction of sp³-hybridized carbons (Fsp3) is 0.167. The van der Waals surface area contributed by atoms with Crippen LogP contribution in [0.15, 0.2) is 47.6 Å². The Morgan fingerprint density at radius 1 is 1.11 bits per heavy atom. The van der Waals surface area contributed by atoms with E-state index in [0.29, 0.717) is 16.4 Å². The summed E-state index contributed by atoms with van der Waals surface area (Å²) in [5.41, 5.74) is -0.424. The molecule has 2 aromatic rings. The van der Waals surface area contributed by atoms with E-state index in [2.05, 4.69) is 15.7 Å². The lowest BCUT2D eigenvalue weighted by Gasteiger charge is -2.31. The highest BCUT2D eigenvalue weighted by Crippen LogP contribution is 2.40. The van der Waals surface area contributed by atoms with E-state index in [0.717, 1.165) is 5.01 Å². The zero-order valence-corrected chi connectivity index (χ0v) is 16.7. The molecule has 1 unspecified atom stereocenters. The van der Waals surface area contributed by atoms with E-state index in [1.54, 1.807) is 31.2 Å². The maximum atomic E-state index is 13.4. The molecule has 27 heavy (non-hydrogen) atoms. The summed E-state index contributed by atoms with van der Waals surface area (Å²) in [5, 5.41) is 11.8. The van der Waals surface area contributed by atoms with Crippen molar-refractivity contribution in [3.63, 3.8) is 0 Å². The number of hydrazone groups is 1. The first-order chi connectivity index (χ1) is 12.7. The summed E-state index contributed by atoms with van der Waals surface area (Å²) in [4.78, 5) is 25.2. The second-order valence-corrected chi connectivity index (χ2v) is 7.19. The van der Waals surface area contributed by atoms with E-state index in [-0.39, 0.29) is 15.7 Å². The average Bonchev–Trinajstić information content (AvgIpc) is 2.79. The van der Waals surface area contributed by atoms with Gasteiger partial charge >= 0.3 is 0 Å². The summed E-state index contributed by atoms with van der Waals surface area (Å²) >= 11 is 18.4. The molecular weight excluding hydrogens is 411 g/mol. The summed E-state index contributed by atoms with van der Waals surface area (Å²) in [6.45, 7) is 2.95. The van der Waals surface area contributed by atoms with Gasteiger partial charge in [-0.1, -0.05) is 53.0 Å². The number of nitrogens with zero attached hydrogens (tertiary/aromatic N) is 2. The molecule has 1 heterocycles. The smallest absolute Gasteiger partial charge is 0.300 e. The summed E-state index contributed by atoms with van der Waals surface area (Å²) in [7, 11) is 0. The fourth-order valence-corrected chi connectivity index (χ4v) is 3.77. The SMILES string of the molecule is CC(=O)NC1(Nc2ccccc2)C(=O)N(c2c(Cl)cc(Cl)cc2Cl)N=C1C. The van der Waals surface area contributed by atoms with Gasteiger partial charge in [0.25, 0.3) is 5.91 Å². The predicted molar refractivity (Wildman–Crippen MR) is 109 cm³/mol. The summed E-state index contributed by atoms with van der Waals surface area (Å²) in [6.07, 6.45) is 0. The van der Waals surface area contributed by atoms with Crippen molar-refractivity contribution in [1.82, 2.24) is 5.32 Å². The predicted octanol–water partition coefficient (Wildman–Crippen LogP) is 4.31. The number of carbonyl (C=O) groups is 2. The van der Waals surface area contributed by atoms with Gasteiger partial charge in [-0.15, -0.1) is 0 Å². The van der Waals surface area contributed by atoms with Gasteiger partial charge in [-0.3, -0.25) is 9.59 Å². The van der Waals surface area contributed by atoms with E-state index in [9.17, 15) is 9.59 Å². The zero-order valence-electron chi connectivity index (χ0n) is 14.4. The number of hydrogen-bond acceptors (Lipinski definition) is 4. The van der Waals surface area contributed by atoms with Crippen LogP contribution in [-0.4, -0.2) is 23.2 Å². The molecule has 0 bridgehead atoms. The minimum Gasteiger partial charge on any atom is -0.350 e. The highest BCUT2D eigenvalue weighted by atomic mass is 35.5. The quantitative estimate of drug-likeness (QED) is 0.717. The van der Waals surface area contributed by atoms with E-state index >= 15 is 0 Å². The first kappa shape index (κ1) is 19.5. The molecule has 6 nitrogen and oxygen atoms in total. The van der Waals surface area contributed by atoms with Crippen LogP contribution >= 0.6 is 34.8 Å². The van der Waals surface area contributed by atoms with Crippen LogP contribution in [-0.2, 0) is 9.59 Å². The lowest BCUT2D eigenvalue weighted by molar-refractivity contribution is -0.127. The van der Waals surface area contributed by atoms with E-state index in [1.165, 1.54) is 19.1 Å². The lowest BCUT2D eigenvalue weighted by atomic mass is 10.0. The molecule has 9 heteroatoms. The first-order valence-electron chi connectivity index (χ1n) is 7.91. The average molecular weight is 426 g/mol. The van der Waals surface area contributed by atoms with Crippen molar-refractivity contribution in [3.8, 4) is 0 Å². The number of carbonyl (C=O) groups excluding carboxylic acids is 2. The second kappa shape index (κ2) is 7.38. The fourth-order valence-electron chi connectivity index (χ4n) is 2.79. The molecule has 1 aliphatic heterocycles. The van der Waals surface area contributed by atoms with E-state index in [1.807, 2.05) is 6.07 Å². The van der Waals surface area contributed by atoms with Crippen molar-refractivity contribution in [2.45, 2.75) is 19.5 Å². The van der Waals surface area contributed by atoms with Gasteiger partial charge in [-0.2, -0.15) is 10.1 Å². The topological polar surface area (TPSA) is 73.8 Å². The number of nitrogens with one attached hydrogen (secondary N) is 2. The molecule has 2 N–H and O–H groups in total. The summed E-state index contributed by atoms with van der Waals surface area (Å²) in [6, 6.07) is 11.9. The molecule has 140 valence electrons. The molecule has 0 saturated heterocycles. The minimum atomic E-state index is -1.57. The number of para-hydroxylation sites is 1. The normalized spacial score (nSPS) is 19.1. The second-order valence-electron chi connectivity index (χ2n) is 5.94. The maximum absolute atomic E-state index is 13.4. The monoisotopic (exact) mass is 424 g/mol. The third-order valence-corrected chi connectivity index (χ3v) is 4.76. The molecule has 3 rings (SSSR count). The number of hydrogen-bond donors (Lipinski definition) is 2. The van der Waals surface area contributed by atoms with Crippen molar-refractivity contribution in [3.05, 3.63) is 57.5 Å². The lowest BCUT2D eigenvalue weighted by Crippen LogP contribution is -2.64. The van der Waals surface area contributed by atoms with Crippen LogP contribution in [0, 0.1) is 0 Å². The molecule has 0 aromatic heterocycles. The molecule has 1 atom stereocenters. The van der Waals surface area contributed by atoms with Gasteiger partial charge in [0.2, 0.25) is 11.6 Å². The summed E-state index contributed by atoms with van der Waals surface area (Å²) in [5.74, 6) is -0.957. The number of halogens is 3. The van der Waals surface area contributed by atoms with Gasteiger partial charge in [0.05, 0.1) is 15.8 Å². The molecule has 0 aliphatic carbocycles. The first-order valence-corrected chi connectivity index (χ1v) is 9.05. The van der Waals surface area contributed by atoms with Crippen LogP contribution in [0.2, 0.25) is 15.1 Å². The Bertz CT molecular complexity index is 926. The van der Waals surface area contributed by atoms with Gasteiger partial charge in [0.1, 0.15) is 5.69 Å². The number of amides is 2. The van der Waals surface area contributed by atoms with Crippen LogP contribution in [0.25, 0.3) is 0 Å². The van der Waals surface area contributed by atoms with Crippen LogP contribution < -0.4 is 15.6 Å². The van der Waals surface area contributed by atoms with Gasteiger partial charge < -0.3 is 10.6 Å². The zero-order chi connectivity index (χ0) is 19.8. The van der Waals surface area contributed by atoms with Gasteiger partial charge in [-0.05, 0) is 31.2 Å². The van der Waals surface area contributed by atoms with Gasteiger partial charge in [0.15, 0.2) is 0 Å². The van der Waals surface area contributed by atoms with Crippen molar-refractivity contribution >= 4 is 63.7 Å². The van der Waals surface area contributed by atoms with Gasteiger partial charge in [0, 0.05) is 17.6 Å². The summed E-state index contributed by atoms with van der Waals surface area (Å²) < 4.78 is 0. The minimum absolute atomic E-state index is 0.163. The molecule has 0 spiro atoms.